The van der Waals surface area contributed by atoms with Gasteiger partial charge in [-0.2, -0.15) is 17.5 Å². The van der Waals surface area contributed by atoms with Crippen molar-refractivity contribution in [2.45, 2.75) is 43.7 Å². The lowest BCUT2D eigenvalue weighted by Crippen LogP contribution is -2.41. The van der Waals surface area contributed by atoms with E-state index in [0.29, 0.717) is 19.6 Å². The maximum atomic E-state index is 13.0. The lowest BCUT2D eigenvalue weighted by molar-refractivity contribution is -0.153. The summed E-state index contributed by atoms with van der Waals surface area (Å²) >= 11 is 0. The van der Waals surface area contributed by atoms with Crippen LogP contribution >= 0.6 is 0 Å². The highest BCUT2D eigenvalue weighted by Gasteiger charge is 2.30. The Balaban J connectivity index is 2.24. The Morgan fingerprint density at radius 1 is 1.12 bits per heavy atom. The lowest BCUT2D eigenvalue weighted by Gasteiger charge is -2.21. The highest BCUT2D eigenvalue weighted by Crippen LogP contribution is 2.31. The Hall–Kier alpha value is -2.54. The zero-order valence-electron chi connectivity index (χ0n) is 17.6. The second kappa shape index (κ2) is 11.4. The van der Waals surface area contributed by atoms with Crippen LogP contribution in [-0.2, 0) is 14.8 Å². The van der Waals surface area contributed by atoms with E-state index in [1.54, 1.807) is 6.92 Å². The van der Waals surface area contributed by atoms with E-state index in [2.05, 4.69) is 10.6 Å². The van der Waals surface area contributed by atoms with E-state index in [9.17, 15) is 31.2 Å². The number of anilines is 1. The Kier molecular flexibility index (Phi) is 9.13. The first-order valence-corrected chi connectivity index (χ1v) is 11.6. The number of nitrogens with zero attached hydrogens (tertiary/aromatic N) is 1. The predicted molar refractivity (Wildman–Crippen MR) is 111 cm³/mol. The van der Waals surface area contributed by atoms with Crippen molar-refractivity contribution in [2.75, 3.05) is 38.1 Å². The number of halogens is 3. The normalized spacial score (nSPS) is 15.5. The highest BCUT2D eigenvalue weighted by atomic mass is 32.2. The third-order valence-electron chi connectivity index (χ3n) is 4.57. The number of ether oxygens (including phenoxy) is 1. The summed E-state index contributed by atoms with van der Waals surface area (Å²) in [5.74, 6) is -1.04. The molecule has 1 heterocycles. The van der Waals surface area contributed by atoms with Crippen LogP contribution in [0.4, 0.5) is 23.7 Å². The molecule has 0 aliphatic carbocycles. The van der Waals surface area contributed by atoms with E-state index in [0.717, 1.165) is 37.8 Å². The average molecular weight is 481 g/mol. The summed E-state index contributed by atoms with van der Waals surface area (Å²) in [5.41, 5.74) is -0.115. The molecule has 0 bridgehead atoms. The van der Waals surface area contributed by atoms with Gasteiger partial charge in [-0.1, -0.05) is 12.8 Å². The van der Waals surface area contributed by atoms with Crippen LogP contribution in [-0.4, -0.2) is 63.6 Å². The summed E-state index contributed by atoms with van der Waals surface area (Å²) in [4.78, 5) is 23.2. The van der Waals surface area contributed by atoms with Crippen molar-refractivity contribution in [1.29, 1.82) is 0 Å². The van der Waals surface area contributed by atoms with Crippen LogP contribution in [0.2, 0.25) is 0 Å². The fourth-order valence-electron chi connectivity index (χ4n) is 3.08. The van der Waals surface area contributed by atoms with Gasteiger partial charge in [0.1, 0.15) is 5.75 Å². The first-order valence-electron chi connectivity index (χ1n) is 10.2. The molecule has 1 fully saturated rings. The van der Waals surface area contributed by atoms with Gasteiger partial charge in [0.05, 0.1) is 17.1 Å². The molecule has 1 aliphatic heterocycles. The van der Waals surface area contributed by atoms with E-state index < -0.39 is 41.3 Å². The number of rotatable bonds is 8. The van der Waals surface area contributed by atoms with Gasteiger partial charge in [-0.15, -0.1) is 0 Å². The molecule has 0 spiro atoms. The van der Waals surface area contributed by atoms with Crippen LogP contribution in [0.1, 0.15) is 32.6 Å². The summed E-state index contributed by atoms with van der Waals surface area (Å²) in [6.07, 6.45) is -1.33. The molecule has 32 heavy (non-hydrogen) atoms. The minimum Gasteiger partial charge on any atom is -0.482 e. The number of nitrogens with one attached hydrogen (secondary N) is 3. The van der Waals surface area contributed by atoms with Crippen LogP contribution in [0.3, 0.4) is 0 Å². The summed E-state index contributed by atoms with van der Waals surface area (Å²) in [7, 11) is -3.88. The van der Waals surface area contributed by atoms with Gasteiger partial charge in [-0.05, 0) is 38.0 Å². The highest BCUT2D eigenvalue weighted by molar-refractivity contribution is 7.89. The molecular formula is C19H27F3N4O5S. The maximum absolute atomic E-state index is 13.0. The van der Waals surface area contributed by atoms with Gasteiger partial charge in [0.15, 0.2) is 6.61 Å². The molecule has 3 amide bonds. The number of imide groups is 1. The molecule has 1 aromatic carbocycles. The quantitative estimate of drug-likeness (QED) is 0.526. The standard InChI is InChI=1S/C19H27F3N4O5S/c1-2-23-18(28)25-17(27)12-24-15-11-14(7-8-16(15)31-13-19(20,21)22)32(29,30)26-9-5-3-4-6-10-26/h7-8,11,24H,2-6,9-10,12-13H2,1H3,(H2,23,25,27,28). The first-order chi connectivity index (χ1) is 15.0. The van der Waals surface area contributed by atoms with Crippen LogP contribution in [0.5, 0.6) is 5.75 Å². The number of hydrogen-bond acceptors (Lipinski definition) is 6. The molecule has 180 valence electrons. The Bertz CT molecular complexity index is 901. The summed E-state index contributed by atoms with van der Waals surface area (Å²) < 4.78 is 70.0. The van der Waals surface area contributed by atoms with E-state index in [1.807, 2.05) is 5.32 Å². The molecule has 0 atom stereocenters. The van der Waals surface area contributed by atoms with Gasteiger partial charge in [0.25, 0.3) is 0 Å². The van der Waals surface area contributed by atoms with Gasteiger partial charge in [-0.25, -0.2) is 13.2 Å². The van der Waals surface area contributed by atoms with Gasteiger partial charge < -0.3 is 15.4 Å². The zero-order valence-corrected chi connectivity index (χ0v) is 18.4. The number of amides is 3. The smallest absolute Gasteiger partial charge is 0.422 e. The SMILES string of the molecule is CCNC(=O)NC(=O)CNc1cc(S(=O)(=O)N2CCCCCC2)ccc1OCC(F)(F)F. The molecule has 9 nitrogen and oxygen atoms in total. The molecule has 1 aliphatic rings. The second-order valence-corrected chi connectivity index (χ2v) is 9.08. The molecule has 0 saturated carbocycles. The van der Waals surface area contributed by atoms with Crippen LogP contribution < -0.4 is 20.7 Å². The van der Waals surface area contributed by atoms with Gasteiger partial charge in [-0.3, -0.25) is 10.1 Å². The zero-order chi connectivity index (χ0) is 23.8. The van der Waals surface area contributed by atoms with Gasteiger partial charge in [0, 0.05) is 19.6 Å². The number of carbonyl (C=O) groups is 2. The minimum absolute atomic E-state index is 0.115. The molecule has 0 unspecified atom stereocenters. The molecule has 3 N–H and O–H groups in total. The van der Waals surface area contributed by atoms with Crippen molar-refractivity contribution in [1.82, 2.24) is 14.9 Å². The molecule has 1 saturated heterocycles. The molecular weight excluding hydrogens is 453 g/mol. The first kappa shape index (κ1) is 25.7. The topological polar surface area (TPSA) is 117 Å². The number of benzene rings is 1. The van der Waals surface area contributed by atoms with Gasteiger partial charge in [0.2, 0.25) is 15.9 Å². The van der Waals surface area contributed by atoms with Crippen LogP contribution in [0.15, 0.2) is 23.1 Å². The minimum atomic E-state index is -4.61. The molecule has 0 aromatic heterocycles. The molecule has 0 radical (unpaired) electrons. The molecule has 1 aromatic rings. The van der Waals surface area contributed by atoms with Crippen LogP contribution in [0, 0.1) is 0 Å². The fraction of sp³-hybridized carbons (Fsp3) is 0.579. The molecule has 2 rings (SSSR count). The number of sulfonamides is 1. The average Bonchev–Trinajstić information content (AvgIpc) is 3.00. The Morgan fingerprint density at radius 3 is 2.38 bits per heavy atom. The van der Waals surface area contributed by atoms with E-state index in [-0.39, 0.29) is 16.3 Å². The predicted octanol–water partition coefficient (Wildman–Crippen LogP) is 2.45. The summed E-state index contributed by atoms with van der Waals surface area (Å²) in [6, 6.07) is 2.68. The number of hydrogen-bond donors (Lipinski definition) is 3. The van der Waals surface area contributed by atoms with E-state index in [4.69, 9.17) is 4.74 Å². The van der Waals surface area contributed by atoms with Crippen molar-refractivity contribution < 1.29 is 35.9 Å². The summed E-state index contributed by atoms with van der Waals surface area (Å²) in [6.45, 7) is 0.567. The number of carbonyl (C=O) groups excluding carboxylic acids is 2. The van der Waals surface area contributed by atoms with Crippen molar-refractivity contribution in [2.24, 2.45) is 0 Å². The third kappa shape index (κ3) is 7.86. The largest absolute Gasteiger partial charge is 0.482 e. The number of alkyl halides is 3. The number of urea groups is 1. The van der Waals surface area contributed by atoms with Crippen molar-refractivity contribution in [3.05, 3.63) is 18.2 Å². The van der Waals surface area contributed by atoms with Crippen molar-refractivity contribution in [3.8, 4) is 5.75 Å². The Morgan fingerprint density at radius 2 is 1.78 bits per heavy atom. The monoisotopic (exact) mass is 480 g/mol. The maximum Gasteiger partial charge on any atom is 0.422 e. The molecule has 13 heteroatoms. The summed E-state index contributed by atoms with van der Waals surface area (Å²) in [5, 5.41) is 6.95. The van der Waals surface area contributed by atoms with Gasteiger partial charge >= 0.3 is 12.2 Å². The lowest BCUT2D eigenvalue weighted by atomic mass is 10.2. The van der Waals surface area contributed by atoms with Crippen molar-refractivity contribution in [3.63, 3.8) is 0 Å². The van der Waals surface area contributed by atoms with E-state index >= 15 is 0 Å². The van der Waals surface area contributed by atoms with Crippen molar-refractivity contribution >= 4 is 27.6 Å². The third-order valence-corrected chi connectivity index (χ3v) is 6.47. The van der Waals surface area contributed by atoms with E-state index in [1.165, 1.54) is 10.4 Å². The second-order valence-electron chi connectivity index (χ2n) is 7.14. The fourth-order valence-corrected chi connectivity index (χ4v) is 4.62. The van der Waals surface area contributed by atoms with Crippen LogP contribution in [0.25, 0.3) is 0 Å². The Labute approximate surface area is 184 Å².